The molecule has 2 fully saturated rings. The van der Waals surface area contributed by atoms with Crippen molar-refractivity contribution in [3.05, 3.63) is 83.1 Å². The molecule has 70 heavy (non-hydrogen) atoms. The highest BCUT2D eigenvalue weighted by Crippen LogP contribution is 2.95. The summed E-state index contributed by atoms with van der Waals surface area (Å²) >= 11 is 0. The lowest BCUT2D eigenvalue weighted by Gasteiger charge is -2.56. The third-order valence-corrected chi connectivity index (χ3v) is 29.1. The zero-order valence-corrected chi connectivity index (χ0v) is 38.2. The Bertz CT molecular complexity index is 6480. The quantitative estimate of drug-likeness (QED) is 0.105. The zero-order valence-electron chi connectivity index (χ0n) is 38.2. The van der Waals surface area contributed by atoms with Crippen LogP contribution in [0.25, 0.3) is 189 Å². The SMILES string of the molecule is C[N+]1(C)CC23c4c5c6c7c8c9c%10c%11c%12c%13c%14c%15c%16c%17c%18c%19c%20c(c2c2c4c4c6c6c8c%10c8c%12c%10c%14c(c%15%19)c%12c%20c2c2c4c6c8c%10c%122)C%18C2c4c6c8c%10c(c4-%17)C%16C%13C%114C[N+](C)(C)CC%104C=9C8C7C5=C6C23C1. The van der Waals surface area contributed by atoms with Gasteiger partial charge in [-0.15, -0.1) is 0 Å². The van der Waals surface area contributed by atoms with Gasteiger partial charge in [0, 0.05) is 35.5 Å². The van der Waals surface area contributed by atoms with Crippen LogP contribution in [-0.4, -0.2) is 63.3 Å². The summed E-state index contributed by atoms with van der Waals surface area (Å²) in [7, 11) is 10.9. The topological polar surface area (TPSA) is 0 Å². The lowest BCUT2D eigenvalue weighted by Crippen LogP contribution is -2.58. The molecular formula is C68H26N2+2. The molecule has 0 saturated carbocycles. The van der Waals surface area contributed by atoms with E-state index in [4.69, 9.17) is 0 Å². The largest absolute Gasteiger partial charge is 0.327 e. The molecule has 10 atom stereocenters. The second-order valence-corrected chi connectivity index (χ2v) is 30.3. The Balaban J connectivity index is 1.14. The van der Waals surface area contributed by atoms with Crippen LogP contribution in [0.5, 0.6) is 0 Å². The monoisotopic (exact) mass is 870 g/mol. The fraction of sp³-hybridized carbons (Fsp3) is 0.265. The van der Waals surface area contributed by atoms with Gasteiger partial charge in [-0.2, -0.15) is 0 Å². The summed E-state index contributed by atoms with van der Waals surface area (Å²) < 4.78 is 2.29. The van der Waals surface area contributed by atoms with Crippen molar-refractivity contribution < 1.29 is 8.97 Å². The molecule has 15 aliphatic carbocycles. The highest BCUT2D eigenvalue weighted by Gasteiger charge is 2.88. The van der Waals surface area contributed by atoms with Crippen molar-refractivity contribution in [3.8, 4) is 11.1 Å². The van der Waals surface area contributed by atoms with Gasteiger partial charge < -0.3 is 8.97 Å². The van der Waals surface area contributed by atoms with Crippen LogP contribution < -0.4 is 5.22 Å². The fourth-order valence-electron chi connectivity index (χ4n) is 30.6. The van der Waals surface area contributed by atoms with Crippen molar-refractivity contribution in [1.82, 2.24) is 0 Å². The van der Waals surface area contributed by atoms with Gasteiger partial charge >= 0.3 is 0 Å². The molecule has 2 aliphatic heterocycles. The van der Waals surface area contributed by atoms with Gasteiger partial charge in [0.25, 0.3) is 0 Å². The van der Waals surface area contributed by atoms with Crippen LogP contribution in [0, 0.1) is 5.41 Å². The van der Waals surface area contributed by atoms with E-state index in [1.807, 2.05) is 159 Å². The predicted octanol–water partition coefficient (Wildman–Crippen LogP) is 12.6. The van der Waals surface area contributed by atoms with Crippen molar-refractivity contribution in [1.29, 1.82) is 0 Å². The minimum atomic E-state index is -0.0130. The first-order chi connectivity index (χ1) is 34.3. The number of likely N-dealkylation sites (tertiary alicyclic amines) is 2. The van der Waals surface area contributed by atoms with Gasteiger partial charge in [-0.1, -0.05) is 0 Å². The Hall–Kier alpha value is -6.58. The lowest BCUT2D eigenvalue weighted by molar-refractivity contribution is -0.881. The van der Waals surface area contributed by atoms with E-state index in [0.717, 1.165) is 8.97 Å². The first-order valence-electron chi connectivity index (χ1n) is 27.7. The molecule has 2 heterocycles. The molecule has 0 amide bonds. The van der Waals surface area contributed by atoms with Crippen LogP contribution in [0.2, 0.25) is 0 Å². The van der Waals surface area contributed by atoms with Crippen molar-refractivity contribution in [2.24, 2.45) is 5.41 Å². The molecule has 306 valence electrons. The Labute approximate surface area is 391 Å². The van der Waals surface area contributed by atoms with E-state index in [9.17, 15) is 0 Å². The average molecular weight is 871 g/mol. The second kappa shape index (κ2) is 5.80. The number of hydrogen-bond donors (Lipinski definition) is 0. The lowest BCUT2D eigenvalue weighted by atomic mass is 9.42. The van der Waals surface area contributed by atoms with E-state index in [-0.39, 0.29) is 21.7 Å². The third kappa shape index (κ3) is 1.38. The van der Waals surface area contributed by atoms with Crippen molar-refractivity contribution >= 4 is 178 Å². The van der Waals surface area contributed by atoms with Gasteiger partial charge in [-0.3, -0.25) is 0 Å². The van der Waals surface area contributed by atoms with E-state index >= 15 is 0 Å². The van der Waals surface area contributed by atoms with E-state index in [1.54, 1.807) is 113 Å². The molecule has 0 N–H and O–H groups in total. The molecule has 2 heteroatoms. The molecule has 4 spiro atoms. The molecule has 0 radical (unpaired) electrons. The molecule has 10 unspecified atom stereocenters. The Morgan fingerprint density at radius 2 is 0.800 bits per heavy atom. The highest BCUT2D eigenvalue weighted by atomic mass is 15.4. The average Bonchev–Trinajstić information content (AvgIpc) is 4.18. The molecule has 17 aromatic rings. The van der Waals surface area contributed by atoms with Gasteiger partial charge in [0.2, 0.25) is 0 Å². The normalized spacial score (nSPS) is 38.1. The smallest absolute Gasteiger partial charge is 0.0934 e. The van der Waals surface area contributed by atoms with Crippen LogP contribution in [0.15, 0.2) is 0 Å². The summed E-state index contributed by atoms with van der Waals surface area (Å²) in [4.78, 5) is 0. The first kappa shape index (κ1) is 27.1. The number of allylic oxidation sites excluding steroid dienone is 1. The predicted molar refractivity (Wildman–Crippen MR) is 279 cm³/mol. The Morgan fingerprint density at radius 1 is 0.300 bits per heavy atom. The van der Waals surface area contributed by atoms with Gasteiger partial charge in [-0.05, 0) is 273 Å². The third-order valence-electron chi connectivity index (χ3n) is 29.1. The molecule has 2 nitrogen and oxygen atoms in total. The van der Waals surface area contributed by atoms with Crippen LogP contribution in [0.1, 0.15) is 113 Å². The first-order valence-corrected chi connectivity index (χ1v) is 27.7. The molecule has 2 saturated heterocycles. The number of rotatable bonds is 0. The fourth-order valence-corrected chi connectivity index (χ4v) is 30.6. The van der Waals surface area contributed by atoms with Crippen molar-refractivity contribution in [2.45, 2.75) is 51.8 Å². The number of benzene rings is 12. The summed E-state index contributed by atoms with van der Waals surface area (Å²) in [6.45, 7) is 5.13. The molecule has 0 aromatic heterocycles. The number of quaternary nitrogens is 2. The maximum absolute atomic E-state index is 2.73. The number of hydrogen-bond acceptors (Lipinski definition) is 0. The molecule has 34 rings (SSSR count). The summed E-state index contributed by atoms with van der Waals surface area (Å²) in [5.41, 5.74) is 36.8. The zero-order chi connectivity index (χ0) is 42.2. The maximum atomic E-state index is 2.73. The van der Waals surface area contributed by atoms with E-state index < -0.39 is 0 Å². The minimum absolute atomic E-state index is 0.0130. The van der Waals surface area contributed by atoms with Gasteiger partial charge in [0.15, 0.2) is 0 Å². The Morgan fingerprint density at radius 3 is 1.53 bits per heavy atom. The summed E-state index contributed by atoms with van der Waals surface area (Å²) in [5.74, 6) is 2.96. The summed E-state index contributed by atoms with van der Waals surface area (Å²) in [5, 5.41) is 55.2. The summed E-state index contributed by atoms with van der Waals surface area (Å²) in [6, 6.07) is 0. The van der Waals surface area contributed by atoms with Crippen molar-refractivity contribution in [2.75, 3.05) is 54.4 Å². The van der Waals surface area contributed by atoms with E-state index in [2.05, 4.69) is 28.2 Å². The molecular weight excluding hydrogens is 845 g/mol. The number of likely N-dealkylation sites (N-methyl/N-ethyl adjacent to an activating group) is 2. The van der Waals surface area contributed by atoms with Crippen LogP contribution in [-0.2, 0) is 16.2 Å². The second-order valence-electron chi connectivity index (χ2n) is 30.3. The van der Waals surface area contributed by atoms with Crippen LogP contribution >= 0.6 is 0 Å². The van der Waals surface area contributed by atoms with Gasteiger partial charge in [0.05, 0.1) is 76.0 Å². The van der Waals surface area contributed by atoms with Crippen LogP contribution in [0.4, 0.5) is 0 Å². The van der Waals surface area contributed by atoms with E-state index in [0.29, 0.717) is 35.5 Å². The van der Waals surface area contributed by atoms with Crippen molar-refractivity contribution in [3.63, 3.8) is 0 Å². The van der Waals surface area contributed by atoms with Crippen LogP contribution in [0.3, 0.4) is 0 Å². The molecule has 0 bridgehead atoms. The highest BCUT2D eigenvalue weighted by molar-refractivity contribution is 6.72. The minimum Gasteiger partial charge on any atom is -0.327 e. The summed E-state index contributed by atoms with van der Waals surface area (Å²) in [6.07, 6.45) is 0. The molecule has 17 aromatic carbocycles. The van der Waals surface area contributed by atoms with Gasteiger partial charge in [-0.25, -0.2) is 0 Å². The van der Waals surface area contributed by atoms with E-state index in [1.165, 1.54) is 26.2 Å². The van der Waals surface area contributed by atoms with Gasteiger partial charge in [0.1, 0.15) is 0 Å². The maximum Gasteiger partial charge on any atom is 0.0934 e. The Kier molecular flexibility index (Phi) is 2.25. The molecule has 17 aliphatic rings. The standard InChI is InChI=1S/C68H26N2/c1-69(2)5-65-57-41-29-17-9-10-14-11-15-23-31(19(11)17)43(41)59(65)49-37(23)28-36-26(15)34-22(14)30-18(10)20-12-13(9)21(29)33-25-16(12)24-32(20)44-42(30)58-46(34)48(36)62-54-39(28)51(49)63-55-53-40-27(35(25)47(45(33)57)61(53)67(63,65)7-69)38(24)50-52(40)64(56(54)55)68(62)8-70(3,4)6-66(58,68)60(44)50/h39,47,50,54,60-61H,5-8H2,1-4H3/q+2. The number of nitrogens with zero attached hydrogens (tertiary/aromatic N) is 2.